The number of nitrogen functional groups attached to an aromatic ring is 1. The van der Waals surface area contributed by atoms with Gasteiger partial charge in [0.2, 0.25) is 5.91 Å². The number of aromatic nitrogens is 2. The summed E-state index contributed by atoms with van der Waals surface area (Å²) in [5.41, 5.74) is 6.45. The number of fused-ring (bicyclic) bond motifs is 1. The molecule has 0 atom stereocenters. The lowest BCUT2D eigenvalue weighted by Gasteiger charge is -2.13. The maximum absolute atomic E-state index is 14.1. The number of nitrogens with zero attached hydrogens (tertiary/aromatic N) is 2. The summed E-state index contributed by atoms with van der Waals surface area (Å²) in [6, 6.07) is 5.44. The minimum absolute atomic E-state index is 0.161. The van der Waals surface area contributed by atoms with Gasteiger partial charge in [-0.15, -0.1) is 0 Å². The van der Waals surface area contributed by atoms with Gasteiger partial charge in [-0.3, -0.25) is 4.79 Å². The number of rotatable bonds is 6. The van der Waals surface area contributed by atoms with Gasteiger partial charge in [-0.25, -0.2) is 18.7 Å². The minimum atomic E-state index is -0.774. The molecule has 1 heterocycles. The zero-order valence-electron chi connectivity index (χ0n) is 14.7. The van der Waals surface area contributed by atoms with Crippen molar-refractivity contribution in [1.29, 1.82) is 0 Å². The van der Waals surface area contributed by atoms with Crippen molar-refractivity contribution in [2.24, 2.45) is 0 Å². The van der Waals surface area contributed by atoms with Crippen LogP contribution in [0.4, 0.5) is 26.0 Å². The number of nitrogens with one attached hydrogen (secondary N) is 2. The van der Waals surface area contributed by atoms with Crippen molar-refractivity contribution in [2.75, 3.05) is 24.2 Å². The van der Waals surface area contributed by atoms with Crippen LogP contribution in [0.25, 0.3) is 10.9 Å². The van der Waals surface area contributed by atoms with Crippen LogP contribution >= 0.6 is 15.9 Å². The van der Waals surface area contributed by atoms with Gasteiger partial charge in [-0.05, 0) is 18.2 Å². The summed E-state index contributed by atoms with van der Waals surface area (Å²) >= 11 is 3.04. The van der Waals surface area contributed by atoms with E-state index in [-0.39, 0.29) is 28.5 Å². The molecular weight excluding hydrogens is 436 g/mol. The van der Waals surface area contributed by atoms with Crippen molar-refractivity contribution in [3.63, 3.8) is 0 Å². The van der Waals surface area contributed by atoms with Crippen molar-refractivity contribution >= 4 is 49.9 Å². The number of carbonyl (C=O) groups excluding carboxylic acids is 1. The standard InChI is InChI=1S/C18H16BrF2N5O2/c1-9(27)23-2-3-28-16-7-15-11(6-14(16)22)18(25-8-24-15)26-17-12(20)4-10(19)5-13(17)21/h4-8H,2-3,22H2,1H3,(H,23,27)(H,24,25,26). The third-order valence-corrected chi connectivity index (χ3v) is 4.21. The summed E-state index contributed by atoms with van der Waals surface area (Å²) in [5.74, 6) is -1.13. The van der Waals surface area contributed by atoms with Crippen LogP contribution in [0, 0.1) is 11.6 Å². The first-order chi connectivity index (χ1) is 13.3. The first kappa shape index (κ1) is 19.7. The number of nitrogens with two attached hydrogens (primary N) is 1. The van der Waals surface area contributed by atoms with E-state index >= 15 is 0 Å². The van der Waals surface area contributed by atoms with Crippen LogP contribution in [-0.2, 0) is 4.79 Å². The molecule has 0 radical (unpaired) electrons. The fourth-order valence-corrected chi connectivity index (χ4v) is 2.90. The highest BCUT2D eigenvalue weighted by molar-refractivity contribution is 9.10. The Kier molecular flexibility index (Phi) is 5.88. The molecule has 10 heteroatoms. The molecule has 0 aliphatic heterocycles. The Morgan fingerprint density at radius 2 is 1.93 bits per heavy atom. The maximum atomic E-state index is 14.1. The van der Waals surface area contributed by atoms with E-state index in [2.05, 4.69) is 36.5 Å². The monoisotopic (exact) mass is 451 g/mol. The van der Waals surface area contributed by atoms with Gasteiger partial charge >= 0.3 is 0 Å². The molecular formula is C18H16BrF2N5O2. The largest absolute Gasteiger partial charge is 0.490 e. The maximum Gasteiger partial charge on any atom is 0.216 e. The van der Waals surface area contributed by atoms with Gasteiger partial charge in [0.1, 0.15) is 30.2 Å². The predicted octanol–water partition coefficient (Wildman–Crippen LogP) is 3.51. The predicted molar refractivity (Wildman–Crippen MR) is 105 cm³/mol. The van der Waals surface area contributed by atoms with E-state index in [1.54, 1.807) is 12.1 Å². The van der Waals surface area contributed by atoms with Crippen LogP contribution in [0.5, 0.6) is 5.75 Å². The Bertz CT molecular complexity index is 1020. The summed E-state index contributed by atoms with van der Waals surface area (Å²) in [6.07, 6.45) is 1.26. The Morgan fingerprint density at radius 3 is 2.61 bits per heavy atom. The number of carbonyl (C=O) groups is 1. The minimum Gasteiger partial charge on any atom is -0.490 e. The molecule has 28 heavy (non-hydrogen) atoms. The molecule has 1 amide bonds. The number of benzene rings is 2. The van der Waals surface area contributed by atoms with E-state index in [9.17, 15) is 13.6 Å². The molecule has 0 spiro atoms. The quantitative estimate of drug-likeness (QED) is 0.391. The molecule has 0 fully saturated rings. The molecule has 146 valence electrons. The Morgan fingerprint density at radius 1 is 1.21 bits per heavy atom. The van der Waals surface area contributed by atoms with E-state index in [0.29, 0.717) is 28.9 Å². The summed E-state index contributed by atoms with van der Waals surface area (Å²) in [5, 5.41) is 5.73. The first-order valence-corrected chi connectivity index (χ1v) is 8.97. The van der Waals surface area contributed by atoms with Crippen LogP contribution in [0.2, 0.25) is 0 Å². The van der Waals surface area contributed by atoms with Gasteiger partial charge in [0.25, 0.3) is 0 Å². The Labute approximate surface area is 167 Å². The van der Waals surface area contributed by atoms with Crippen LogP contribution in [0.3, 0.4) is 0 Å². The fourth-order valence-electron chi connectivity index (χ4n) is 2.49. The Hall–Kier alpha value is -3.01. The fraction of sp³-hybridized carbons (Fsp3) is 0.167. The van der Waals surface area contributed by atoms with Crippen LogP contribution < -0.4 is 21.1 Å². The van der Waals surface area contributed by atoms with E-state index in [1.807, 2.05) is 0 Å². The molecule has 0 bridgehead atoms. The van der Waals surface area contributed by atoms with Crippen molar-refractivity contribution in [3.05, 3.63) is 46.7 Å². The molecule has 4 N–H and O–H groups in total. The lowest BCUT2D eigenvalue weighted by Crippen LogP contribution is -2.25. The highest BCUT2D eigenvalue weighted by Crippen LogP contribution is 2.33. The second kappa shape index (κ2) is 8.34. The number of hydrogen-bond donors (Lipinski definition) is 3. The average molecular weight is 452 g/mol. The molecule has 0 saturated heterocycles. The second-order valence-electron chi connectivity index (χ2n) is 5.83. The van der Waals surface area contributed by atoms with E-state index in [1.165, 1.54) is 13.3 Å². The average Bonchev–Trinajstić information content (AvgIpc) is 2.62. The Balaban J connectivity index is 1.89. The third-order valence-electron chi connectivity index (χ3n) is 3.75. The summed E-state index contributed by atoms with van der Waals surface area (Å²) in [7, 11) is 0. The zero-order valence-corrected chi connectivity index (χ0v) is 16.3. The normalized spacial score (nSPS) is 10.7. The highest BCUT2D eigenvalue weighted by atomic mass is 79.9. The molecule has 0 saturated carbocycles. The molecule has 2 aromatic carbocycles. The van der Waals surface area contributed by atoms with Crippen molar-refractivity contribution < 1.29 is 18.3 Å². The van der Waals surface area contributed by atoms with E-state index in [4.69, 9.17) is 10.5 Å². The SMILES string of the molecule is CC(=O)NCCOc1cc2ncnc(Nc3c(F)cc(Br)cc3F)c2cc1N. The zero-order chi connectivity index (χ0) is 20.3. The lowest BCUT2D eigenvalue weighted by molar-refractivity contribution is -0.119. The summed E-state index contributed by atoms with van der Waals surface area (Å²) in [4.78, 5) is 19.1. The number of ether oxygens (including phenoxy) is 1. The van der Waals surface area contributed by atoms with Crippen molar-refractivity contribution in [2.45, 2.75) is 6.92 Å². The van der Waals surface area contributed by atoms with E-state index in [0.717, 1.165) is 12.1 Å². The molecule has 3 rings (SSSR count). The van der Waals surface area contributed by atoms with Crippen LogP contribution in [0.15, 0.2) is 35.1 Å². The van der Waals surface area contributed by atoms with Gasteiger partial charge in [0.05, 0.1) is 17.7 Å². The van der Waals surface area contributed by atoms with Gasteiger partial charge < -0.3 is 21.1 Å². The smallest absolute Gasteiger partial charge is 0.216 e. The van der Waals surface area contributed by atoms with Crippen LogP contribution in [0.1, 0.15) is 6.92 Å². The van der Waals surface area contributed by atoms with Crippen molar-refractivity contribution in [3.8, 4) is 5.75 Å². The number of amides is 1. The van der Waals surface area contributed by atoms with Gasteiger partial charge in [0.15, 0.2) is 11.6 Å². The third kappa shape index (κ3) is 4.45. The summed E-state index contributed by atoms with van der Waals surface area (Å²) in [6.45, 7) is 1.96. The number of halogens is 3. The van der Waals surface area contributed by atoms with Crippen molar-refractivity contribution in [1.82, 2.24) is 15.3 Å². The highest BCUT2D eigenvalue weighted by Gasteiger charge is 2.15. The first-order valence-electron chi connectivity index (χ1n) is 8.18. The molecule has 3 aromatic rings. The molecule has 7 nitrogen and oxygen atoms in total. The van der Waals surface area contributed by atoms with Gasteiger partial charge in [-0.1, -0.05) is 15.9 Å². The number of hydrogen-bond acceptors (Lipinski definition) is 6. The van der Waals surface area contributed by atoms with Crippen LogP contribution in [-0.4, -0.2) is 29.0 Å². The molecule has 0 aliphatic rings. The van der Waals surface area contributed by atoms with Gasteiger partial charge in [0, 0.05) is 22.8 Å². The second-order valence-corrected chi connectivity index (χ2v) is 6.75. The summed E-state index contributed by atoms with van der Waals surface area (Å²) < 4.78 is 34.1. The topological polar surface area (TPSA) is 102 Å². The van der Waals surface area contributed by atoms with E-state index < -0.39 is 11.6 Å². The lowest BCUT2D eigenvalue weighted by atomic mass is 10.2. The number of anilines is 3. The molecule has 1 aromatic heterocycles. The van der Waals surface area contributed by atoms with Gasteiger partial charge in [-0.2, -0.15) is 0 Å². The molecule has 0 aliphatic carbocycles. The molecule has 0 unspecified atom stereocenters.